The fourth-order valence-electron chi connectivity index (χ4n) is 0.712. The zero-order chi connectivity index (χ0) is 11.1. The van der Waals surface area contributed by atoms with Crippen LogP contribution in [0.15, 0.2) is 17.5 Å². The van der Waals surface area contributed by atoms with Gasteiger partial charge in [-0.05, 0) is 5.53 Å². The topological polar surface area (TPSA) is 112 Å². The SMILES string of the molecule is [N-]=[N+]=NCC#Cc1cnc(C(=O)O)nc1. The molecule has 7 nitrogen and oxygen atoms in total. The van der Waals surface area contributed by atoms with E-state index in [-0.39, 0.29) is 12.4 Å². The van der Waals surface area contributed by atoms with Crippen molar-refractivity contribution in [2.24, 2.45) is 5.11 Å². The van der Waals surface area contributed by atoms with E-state index in [0.29, 0.717) is 5.56 Å². The zero-order valence-electron chi connectivity index (χ0n) is 7.45. The molecular formula is C8H5N5O2. The van der Waals surface area contributed by atoms with E-state index < -0.39 is 5.97 Å². The Morgan fingerprint density at radius 3 is 2.80 bits per heavy atom. The maximum Gasteiger partial charge on any atom is 0.373 e. The number of aromatic carboxylic acids is 1. The molecule has 0 saturated carbocycles. The van der Waals surface area contributed by atoms with Crippen LogP contribution in [0.1, 0.15) is 16.2 Å². The minimum Gasteiger partial charge on any atom is -0.475 e. The molecule has 0 saturated heterocycles. The van der Waals surface area contributed by atoms with Gasteiger partial charge >= 0.3 is 5.97 Å². The average Bonchev–Trinajstić information content (AvgIpc) is 2.25. The number of hydrogen-bond acceptors (Lipinski definition) is 4. The Kier molecular flexibility index (Phi) is 3.65. The molecule has 7 heteroatoms. The van der Waals surface area contributed by atoms with Crippen molar-refractivity contribution in [1.82, 2.24) is 9.97 Å². The summed E-state index contributed by atoms with van der Waals surface area (Å²) in [6.07, 6.45) is 2.58. The Hall–Kier alpha value is -2.58. The first-order valence-electron chi connectivity index (χ1n) is 3.79. The molecule has 1 aromatic heterocycles. The summed E-state index contributed by atoms with van der Waals surface area (Å²) in [5, 5.41) is 11.7. The second-order valence-electron chi connectivity index (χ2n) is 2.29. The highest BCUT2D eigenvalue weighted by atomic mass is 16.4. The monoisotopic (exact) mass is 203 g/mol. The van der Waals surface area contributed by atoms with Gasteiger partial charge in [0.2, 0.25) is 5.82 Å². The van der Waals surface area contributed by atoms with Gasteiger partial charge in [0, 0.05) is 17.3 Å². The van der Waals surface area contributed by atoms with Crippen LogP contribution < -0.4 is 0 Å². The van der Waals surface area contributed by atoms with Gasteiger partial charge in [-0.15, -0.1) is 0 Å². The van der Waals surface area contributed by atoms with Gasteiger partial charge in [0.25, 0.3) is 0 Å². The fraction of sp³-hybridized carbons (Fsp3) is 0.125. The highest BCUT2D eigenvalue weighted by Crippen LogP contribution is 1.93. The number of aromatic nitrogens is 2. The standard InChI is InChI=1S/C8H5N5O2/c9-13-12-3-1-2-6-4-10-7(8(14)15)11-5-6/h4-5H,3H2,(H,14,15). The summed E-state index contributed by atoms with van der Waals surface area (Å²) in [6.45, 7) is 0.0528. The number of carboxylic acid groups (broad SMARTS) is 1. The van der Waals surface area contributed by atoms with Crippen LogP contribution in [0.3, 0.4) is 0 Å². The minimum absolute atomic E-state index is 0.0528. The maximum atomic E-state index is 10.4. The van der Waals surface area contributed by atoms with Gasteiger partial charge in [-0.25, -0.2) is 14.8 Å². The molecule has 0 aromatic carbocycles. The van der Waals surface area contributed by atoms with Crippen LogP contribution >= 0.6 is 0 Å². The molecule has 1 heterocycles. The van der Waals surface area contributed by atoms with Crippen LogP contribution in [0.5, 0.6) is 0 Å². The predicted octanol–water partition coefficient (Wildman–Crippen LogP) is 0.837. The number of rotatable bonds is 2. The van der Waals surface area contributed by atoms with E-state index in [0.717, 1.165) is 0 Å². The van der Waals surface area contributed by atoms with Crippen molar-refractivity contribution in [2.45, 2.75) is 0 Å². The van der Waals surface area contributed by atoms with E-state index in [1.807, 2.05) is 0 Å². The summed E-state index contributed by atoms with van der Waals surface area (Å²) in [4.78, 5) is 20.0. The highest BCUT2D eigenvalue weighted by molar-refractivity contribution is 5.82. The molecule has 74 valence electrons. The number of carbonyl (C=O) groups is 1. The largest absolute Gasteiger partial charge is 0.475 e. The fourth-order valence-corrected chi connectivity index (χ4v) is 0.712. The van der Waals surface area contributed by atoms with E-state index in [2.05, 4.69) is 31.8 Å². The van der Waals surface area contributed by atoms with Crippen molar-refractivity contribution in [3.8, 4) is 11.8 Å². The molecule has 1 rings (SSSR count). The Morgan fingerprint density at radius 1 is 1.60 bits per heavy atom. The molecule has 1 aromatic rings. The van der Waals surface area contributed by atoms with E-state index >= 15 is 0 Å². The van der Waals surface area contributed by atoms with Crippen LogP contribution in [-0.2, 0) is 0 Å². The van der Waals surface area contributed by atoms with E-state index in [9.17, 15) is 4.79 Å². The maximum absolute atomic E-state index is 10.4. The molecular weight excluding hydrogens is 198 g/mol. The van der Waals surface area contributed by atoms with Gasteiger partial charge in [0.05, 0.1) is 12.1 Å². The lowest BCUT2D eigenvalue weighted by Gasteiger charge is -1.91. The lowest BCUT2D eigenvalue weighted by molar-refractivity contribution is 0.0683. The van der Waals surface area contributed by atoms with Crippen molar-refractivity contribution in [3.63, 3.8) is 0 Å². The molecule has 0 spiro atoms. The molecule has 15 heavy (non-hydrogen) atoms. The zero-order valence-corrected chi connectivity index (χ0v) is 7.45. The van der Waals surface area contributed by atoms with Gasteiger partial charge in [0.15, 0.2) is 0 Å². The van der Waals surface area contributed by atoms with Crippen molar-refractivity contribution < 1.29 is 9.90 Å². The van der Waals surface area contributed by atoms with Gasteiger partial charge < -0.3 is 5.11 Å². The van der Waals surface area contributed by atoms with E-state index in [1.165, 1.54) is 12.4 Å². The predicted molar refractivity (Wildman–Crippen MR) is 49.9 cm³/mol. The highest BCUT2D eigenvalue weighted by Gasteiger charge is 2.03. The first-order valence-corrected chi connectivity index (χ1v) is 3.79. The van der Waals surface area contributed by atoms with Crippen LogP contribution in [0.2, 0.25) is 0 Å². The van der Waals surface area contributed by atoms with Crippen molar-refractivity contribution in [3.05, 3.63) is 34.2 Å². The lowest BCUT2D eigenvalue weighted by atomic mass is 10.3. The molecule has 1 N–H and O–H groups in total. The summed E-state index contributed by atoms with van der Waals surface area (Å²) in [7, 11) is 0. The summed E-state index contributed by atoms with van der Waals surface area (Å²) >= 11 is 0. The van der Waals surface area contributed by atoms with Crippen LogP contribution in [0.4, 0.5) is 0 Å². The first-order chi connectivity index (χ1) is 7.24. The third-order valence-corrected chi connectivity index (χ3v) is 1.29. The third-order valence-electron chi connectivity index (χ3n) is 1.29. The summed E-state index contributed by atoms with van der Waals surface area (Å²) < 4.78 is 0. The Balaban J connectivity index is 2.75. The molecule has 0 unspecified atom stereocenters. The third kappa shape index (κ3) is 3.34. The molecule has 0 bridgehead atoms. The Bertz CT molecular complexity index is 464. The Labute approximate surface area is 84.4 Å². The van der Waals surface area contributed by atoms with Crippen LogP contribution in [0.25, 0.3) is 10.4 Å². The number of carboxylic acids is 1. The van der Waals surface area contributed by atoms with Crippen LogP contribution in [-0.4, -0.2) is 27.6 Å². The molecule has 0 aliphatic carbocycles. The first kappa shape index (κ1) is 10.5. The summed E-state index contributed by atoms with van der Waals surface area (Å²) in [6, 6.07) is 0. The van der Waals surface area contributed by atoms with Crippen LogP contribution in [0, 0.1) is 11.8 Å². The molecule has 0 aliphatic heterocycles. The van der Waals surface area contributed by atoms with E-state index in [1.54, 1.807) is 0 Å². The number of azide groups is 1. The van der Waals surface area contributed by atoms with Crippen molar-refractivity contribution >= 4 is 5.97 Å². The van der Waals surface area contributed by atoms with Gasteiger partial charge in [-0.3, -0.25) is 0 Å². The number of hydrogen-bond donors (Lipinski definition) is 1. The average molecular weight is 203 g/mol. The molecule has 0 atom stereocenters. The van der Waals surface area contributed by atoms with Crippen molar-refractivity contribution in [1.29, 1.82) is 0 Å². The molecule has 0 radical (unpaired) electrons. The lowest BCUT2D eigenvalue weighted by Crippen LogP contribution is -2.03. The molecule has 0 aliphatic rings. The summed E-state index contributed by atoms with van der Waals surface area (Å²) in [5.74, 6) is 3.69. The second-order valence-corrected chi connectivity index (χ2v) is 2.29. The second kappa shape index (κ2) is 5.21. The molecule has 0 amide bonds. The van der Waals surface area contributed by atoms with Gasteiger partial charge in [-0.1, -0.05) is 17.0 Å². The smallest absolute Gasteiger partial charge is 0.373 e. The van der Waals surface area contributed by atoms with Gasteiger partial charge in [0.1, 0.15) is 0 Å². The summed E-state index contributed by atoms with van der Waals surface area (Å²) in [5.41, 5.74) is 8.43. The van der Waals surface area contributed by atoms with Crippen molar-refractivity contribution in [2.75, 3.05) is 6.54 Å². The van der Waals surface area contributed by atoms with E-state index in [4.69, 9.17) is 10.6 Å². The van der Waals surface area contributed by atoms with Gasteiger partial charge in [-0.2, -0.15) is 0 Å². The Morgan fingerprint density at radius 2 is 2.27 bits per heavy atom. The quantitative estimate of drug-likeness (QED) is 0.332. The number of nitrogens with zero attached hydrogens (tertiary/aromatic N) is 5. The molecule has 0 fully saturated rings. The minimum atomic E-state index is -1.19. The normalized spacial score (nSPS) is 8.27.